The Morgan fingerprint density at radius 3 is 2.76 bits per heavy atom. The fourth-order valence-electron chi connectivity index (χ4n) is 2.82. The summed E-state index contributed by atoms with van der Waals surface area (Å²) in [5.74, 6) is 0.466. The van der Waals surface area contributed by atoms with Gasteiger partial charge in [-0.25, -0.2) is 0 Å². The minimum atomic E-state index is -0.466. The van der Waals surface area contributed by atoms with E-state index >= 15 is 0 Å². The Labute approximate surface area is 178 Å². The van der Waals surface area contributed by atoms with E-state index in [1.165, 1.54) is 24.7 Å². The van der Waals surface area contributed by atoms with Crippen LogP contribution in [0.1, 0.15) is 44.0 Å². The van der Waals surface area contributed by atoms with Crippen molar-refractivity contribution in [3.8, 4) is 11.5 Å². The smallest absolute Gasteiger partial charge is 0.282 e. The molecule has 1 aliphatic heterocycles. The van der Waals surface area contributed by atoms with Crippen LogP contribution in [-0.4, -0.2) is 35.5 Å². The van der Waals surface area contributed by atoms with Gasteiger partial charge in [-0.3, -0.25) is 13.5 Å². The average Bonchev–Trinajstić information content (AvgIpc) is 3.25. The molecule has 156 valence electrons. The van der Waals surface area contributed by atoms with E-state index in [1.54, 1.807) is 12.1 Å². The number of nitrogens with one attached hydrogen (secondary N) is 1. The highest BCUT2D eigenvalue weighted by Gasteiger charge is 2.23. The molecule has 1 fully saturated rings. The summed E-state index contributed by atoms with van der Waals surface area (Å²) >= 11 is 7.37. The van der Waals surface area contributed by atoms with Crippen molar-refractivity contribution in [3.05, 3.63) is 39.7 Å². The minimum Gasteiger partial charge on any atom is -0.496 e. The normalized spacial score (nSPS) is 17.3. The number of carbonyl (C=O) groups is 2. The maximum Gasteiger partial charge on any atom is 0.282 e. The van der Waals surface area contributed by atoms with Crippen molar-refractivity contribution in [3.63, 3.8) is 0 Å². The summed E-state index contributed by atoms with van der Waals surface area (Å²) in [7, 11) is 1.49. The quantitative estimate of drug-likeness (QED) is 0.777. The summed E-state index contributed by atoms with van der Waals surface area (Å²) in [6, 6.07) is 4.78. The van der Waals surface area contributed by atoms with E-state index < -0.39 is 5.91 Å². The molecular weight excluding hydrogens is 414 g/mol. The van der Waals surface area contributed by atoms with Gasteiger partial charge in [-0.15, -0.1) is 0 Å². The Morgan fingerprint density at radius 1 is 1.38 bits per heavy atom. The highest BCUT2D eigenvalue weighted by Crippen LogP contribution is 2.24. The average molecular weight is 438 g/mol. The third-order valence-corrected chi connectivity index (χ3v) is 5.96. The van der Waals surface area contributed by atoms with Crippen LogP contribution >= 0.6 is 23.1 Å². The SMILES string of the molecule is COc1ccc(Cl)cc1C(=O)N=c1sn(C(C)(C)C)cc1OC[C@@H]1CCC(=O)N1. The molecule has 2 heterocycles. The molecular formula is C20H24ClN3O4S. The predicted molar refractivity (Wildman–Crippen MR) is 112 cm³/mol. The lowest BCUT2D eigenvalue weighted by atomic mass is 10.1. The first-order chi connectivity index (χ1) is 13.7. The molecule has 0 aliphatic carbocycles. The Bertz CT molecular complexity index is 990. The summed E-state index contributed by atoms with van der Waals surface area (Å²) < 4.78 is 13.6. The van der Waals surface area contributed by atoms with Crippen molar-refractivity contribution in [2.75, 3.05) is 13.7 Å². The molecule has 2 amide bonds. The zero-order chi connectivity index (χ0) is 21.2. The molecule has 1 saturated heterocycles. The molecule has 1 atom stereocenters. The van der Waals surface area contributed by atoms with Crippen molar-refractivity contribution in [2.45, 2.75) is 45.2 Å². The van der Waals surface area contributed by atoms with Gasteiger partial charge in [0.15, 0.2) is 10.4 Å². The fourth-order valence-corrected chi connectivity index (χ4v) is 3.93. The molecule has 1 aliphatic rings. The van der Waals surface area contributed by atoms with E-state index in [2.05, 4.69) is 31.1 Å². The first kappa shape index (κ1) is 21.4. The van der Waals surface area contributed by atoms with Crippen LogP contribution in [0.25, 0.3) is 0 Å². The van der Waals surface area contributed by atoms with Gasteiger partial charge in [0.2, 0.25) is 5.91 Å². The summed E-state index contributed by atoms with van der Waals surface area (Å²) in [4.78, 5) is 28.5. The number of halogens is 1. The van der Waals surface area contributed by atoms with Gasteiger partial charge in [0.1, 0.15) is 12.4 Å². The van der Waals surface area contributed by atoms with Gasteiger partial charge in [-0.2, -0.15) is 4.99 Å². The number of hydrogen-bond donors (Lipinski definition) is 1. The molecule has 0 spiro atoms. The molecule has 0 bridgehead atoms. The molecule has 0 radical (unpaired) electrons. The monoisotopic (exact) mass is 437 g/mol. The van der Waals surface area contributed by atoms with Gasteiger partial charge in [0.25, 0.3) is 5.91 Å². The molecule has 29 heavy (non-hydrogen) atoms. The van der Waals surface area contributed by atoms with Crippen LogP contribution in [0.2, 0.25) is 5.02 Å². The van der Waals surface area contributed by atoms with Crippen molar-refractivity contribution >= 4 is 34.9 Å². The van der Waals surface area contributed by atoms with Crippen LogP contribution < -0.4 is 19.5 Å². The van der Waals surface area contributed by atoms with Crippen LogP contribution in [0.5, 0.6) is 11.5 Å². The van der Waals surface area contributed by atoms with Crippen molar-refractivity contribution in [2.24, 2.45) is 4.99 Å². The van der Waals surface area contributed by atoms with Crippen LogP contribution in [0, 0.1) is 0 Å². The van der Waals surface area contributed by atoms with Gasteiger partial charge in [-0.1, -0.05) is 11.6 Å². The van der Waals surface area contributed by atoms with E-state index in [9.17, 15) is 9.59 Å². The number of hydrogen-bond acceptors (Lipinski definition) is 5. The minimum absolute atomic E-state index is 0.0295. The van der Waals surface area contributed by atoms with E-state index in [1.807, 2.05) is 10.2 Å². The molecule has 1 N–H and O–H groups in total. The topological polar surface area (TPSA) is 81.9 Å². The second-order valence-corrected chi connectivity index (χ2v) is 9.16. The number of carbonyl (C=O) groups excluding carboxylic acids is 2. The first-order valence-electron chi connectivity index (χ1n) is 9.25. The molecule has 9 heteroatoms. The largest absolute Gasteiger partial charge is 0.496 e. The lowest BCUT2D eigenvalue weighted by Gasteiger charge is -2.19. The molecule has 2 aromatic rings. The van der Waals surface area contributed by atoms with Crippen molar-refractivity contribution in [1.29, 1.82) is 0 Å². The number of nitrogens with zero attached hydrogens (tertiary/aromatic N) is 2. The molecule has 0 unspecified atom stereocenters. The maximum absolute atomic E-state index is 12.8. The van der Waals surface area contributed by atoms with Crippen LogP contribution in [0.3, 0.4) is 0 Å². The van der Waals surface area contributed by atoms with Gasteiger partial charge < -0.3 is 14.8 Å². The Balaban J connectivity index is 1.94. The number of rotatable bonds is 5. The maximum atomic E-state index is 12.8. The summed E-state index contributed by atoms with van der Waals surface area (Å²) in [5.41, 5.74) is 0.0827. The van der Waals surface area contributed by atoms with E-state index in [0.29, 0.717) is 34.2 Å². The predicted octanol–water partition coefficient (Wildman–Crippen LogP) is 3.37. The standard InChI is InChI=1S/C20H24ClN3O4S/c1-20(2,3)24-10-16(28-11-13-6-8-17(25)22-13)19(29-24)23-18(26)14-9-12(21)5-7-15(14)27-4/h5,7,9-10,13H,6,8,11H2,1-4H3,(H,22,25)/t13-/m0/s1. The van der Waals surface area contributed by atoms with E-state index in [0.717, 1.165) is 6.42 Å². The summed E-state index contributed by atoms with van der Waals surface area (Å²) in [5, 5.41) is 3.30. The fraction of sp³-hybridized carbons (Fsp3) is 0.450. The van der Waals surface area contributed by atoms with Crippen molar-refractivity contribution in [1.82, 2.24) is 9.27 Å². The van der Waals surface area contributed by atoms with Crippen LogP contribution in [0.15, 0.2) is 29.4 Å². The van der Waals surface area contributed by atoms with Gasteiger partial charge in [0.05, 0.1) is 24.9 Å². The van der Waals surface area contributed by atoms with Crippen LogP contribution in [-0.2, 0) is 10.3 Å². The van der Waals surface area contributed by atoms with E-state index in [-0.39, 0.29) is 23.1 Å². The molecule has 1 aromatic carbocycles. The second kappa shape index (κ2) is 8.59. The Morgan fingerprint density at radius 2 is 2.14 bits per heavy atom. The molecule has 1 aromatic heterocycles. The van der Waals surface area contributed by atoms with Crippen molar-refractivity contribution < 1.29 is 19.1 Å². The highest BCUT2D eigenvalue weighted by molar-refractivity contribution is 7.04. The third kappa shape index (κ3) is 5.19. The zero-order valence-electron chi connectivity index (χ0n) is 16.8. The zero-order valence-corrected chi connectivity index (χ0v) is 18.4. The Hall–Kier alpha value is -2.32. The number of ether oxygens (including phenoxy) is 2. The van der Waals surface area contributed by atoms with E-state index in [4.69, 9.17) is 21.1 Å². The van der Waals surface area contributed by atoms with Gasteiger partial charge in [-0.05, 0) is 56.9 Å². The number of aromatic nitrogens is 1. The van der Waals surface area contributed by atoms with Gasteiger partial charge in [0, 0.05) is 17.0 Å². The van der Waals surface area contributed by atoms with Gasteiger partial charge >= 0.3 is 0 Å². The summed E-state index contributed by atoms with van der Waals surface area (Å²) in [6.45, 7) is 6.48. The number of benzene rings is 1. The molecule has 0 saturated carbocycles. The lowest BCUT2D eigenvalue weighted by Crippen LogP contribution is -2.31. The first-order valence-corrected chi connectivity index (χ1v) is 10.4. The molecule has 7 nitrogen and oxygen atoms in total. The highest BCUT2D eigenvalue weighted by atomic mass is 35.5. The Kier molecular flexibility index (Phi) is 6.33. The lowest BCUT2D eigenvalue weighted by molar-refractivity contribution is -0.119. The van der Waals surface area contributed by atoms with Crippen LogP contribution in [0.4, 0.5) is 0 Å². The molecule has 3 rings (SSSR count). The second-order valence-electron chi connectivity index (χ2n) is 7.76. The number of methoxy groups -OCH3 is 1. The number of amides is 2. The third-order valence-electron chi connectivity index (χ3n) is 4.41. The summed E-state index contributed by atoms with van der Waals surface area (Å²) in [6.07, 6.45) is 3.07.